The molecule has 0 saturated carbocycles. The maximum Gasteiger partial charge on any atom is 0.201 e. The fourth-order valence-corrected chi connectivity index (χ4v) is 1.67. The van der Waals surface area contributed by atoms with Gasteiger partial charge in [0.25, 0.3) is 0 Å². The first-order valence-corrected chi connectivity index (χ1v) is 5.72. The molecular weight excluding hydrogens is 305 g/mol. The van der Waals surface area contributed by atoms with Crippen LogP contribution >= 0.6 is 15.9 Å². The molecule has 8 heteroatoms. The fourth-order valence-electron chi connectivity index (χ4n) is 1.29. The van der Waals surface area contributed by atoms with Crippen LogP contribution < -0.4 is 10.6 Å². The van der Waals surface area contributed by atoms with Crippen LogP contribution in [0.25, 0.3) is 0 Å². The highest BCUT2D eigenvalue weighted by Gasteiger charge is 2.14. The summed E-state index contributed by atoms with van der Waals surface area (Å²) in [6, 6.07) is 4.33. The van der Waals surface area contributed by atoms with Gasteiger partial charge >= 0.3 is 0 Å². The van der Waals surface area contributed by atoms with Crippen LogP contribution in [0.15, 0.2) is 27.3 Å². The van der Waals surface area contributed by atoms with Crippen LogP contribution in [0.2, 0.25) is 0 Å². The number of rotatable bonds is 3. The van der Waals surface area contributed by atoms with Crippen LogP contribution in [0.1, 0.15) is 5.69 Å². The summed E-state index contributed by atoms with van der Waals surface area (Å²) in [5, 5.41) is 20.5. The van der Waals surface area contributed by atoms with E-state index in [4.69, 9.17) is 5.41 Å². The summed E-state index contributed by atoms with van der Waals surface area (Å²) in [7, 11) is 1.64. The quantitative estimate of drug-likeness (QED) is 0.598. The third-order valence-corrected chi connectivity index (χ3v) is 2.76. The molecule has 3 N–H and O–H groups in total. The highest BCUT2D eigenvalue weighted by Crippen LogP contribution is 2.21. The van der Waals surface area contributed by atoms with Gasteiger partial charge in [-0.2, -0.15) is 0 Å². The van der Waals surface area contributed by atoms with E-state index >= 15 is 0 Å². The van der Waals surface area contributed by atoms with Crippen LogP contribution in [0.4, 0.5) is 15.9 Å². The average molecular weight is 314 g/mol. The fraction of sp³-hybridized carbons (Fsp3) is 0.100. The smallest absolute Gasteiger partial charge is 0.201 e. The maximum absolute atomic E-state index is 13.1. The summed E-state index contributed by atoms with van der Waals surface area (Å²) in [6.07, 6.45) is 0. The zero-order valence-corrected chi connectivity index (χ0v) is 10.9. The second-order valence-corrected chi connectivity index (χ2v) is 4.19. The number of benzene rings is 1. The predicted molar refractivity (Wildman–Crippen MR) is 68.4 cm³/mol. The molecule has 0 saturated heterocycles. The van der Waals surface area contributed by atoms with Gasteiger partial charge in [0, 0.05) is 12.7 Å². The standard InChI is InChI=1S/C10H9BrFN5O/c1-14-10-8(16-18-17-10)9(13)15-5-2-3-7(12)6(11)4-5/h2-4H,1H3,(H2,13,15)(H,14,17). The zero-order valence-electron chi connectivity index (χ0n) is 9.29. The molecule has 0 radical (unpaired) electrons. The van der Waals surface area contributed by atoms with Crippen LogP contribution in [-0.4, -0.2) is 23.2 Å². The van der Waals surface area contributed by atoms with Crippen molar-refractivity contribution in [2.24, 2.45) is 0 Å². The van der Waals surface area contributed by atoms with Crippen molar-refractivity contribution in [2.45, 2.75) is 0 Å². The second kappa shape index (κ2) is 5.13. The number of anilines is 2. The Bertz CT molecular complexity index is 585. The van der Waals surface area contributed by atoms with Gasteiger partial charge in [-0.1, -0.05) is 0 Å². The summed E-state index contributed by atoms with van der Waals surface area (Å²) in [5.41, 5.74) is 0.802. The number of hydrogen-bond donors (Lipinski definition) is 3. The summed E-state index contributed by atoms with van der Waals surface area (Å²) >= 11 is 3.07. The number of hydrogen-bond acceptors (Lipinski definition) is 5. The van der Waals surface area contributed by atoms with Crippen LogP contribution in [-0.2, 0) is 0 Å². The molecule has 2 aromatic rings. The lowest BCUT2D eigenvalue weighted by atomic mass is 10.3. The molecule has 0 unspecified atom stereocenters. The van der Waals surface area contributed by atoms with Gasteiger partial charge in [-0.3, -0.25) is 5.41 Å². The Kier molecular flexibility index (Phi) is 3.56. The third kappa shape index (κ3) is 2.48. The molecule has 6 nitrogen and oxygen atoms in total. The van der Waals surface area contributed by atoms with Gasteiger partial charge in [0.2, 0.25) is 5.82 Å². The lowest BCUT2D eigenvalue weighted by Crippen LogP contribution is -2.14. The van der Waals surface area contributed by atoms with Crippen molar-refractivity contribution >= 4 is 33.3 Å². The number of halogens is 2. The number of amidine groups is 1. The summed E-state index contributed by atoms with van der Waals surface area (Å²) < 4.78 is 17.9. The highest BCUT2D eigenvalue weighted by molar-refractivity contribution is 9.10. The zero-order chi connectivity index (χ0) is 13.1. The molecule has 0 aliphatic carbocycles. The predicted octanol–water partition coefficient (Wildman–Crippen LogP) is 2.45. The molecule has 0 atom stereocenters. The lowest BCUT2D eigenvalue weighted by Gasteiger charge is -2.06. The molecule has 0 aliphatic rings. The van der Waals surface area contributed by atoms with Gasteiger partial charge < -0.3 is 10.6 Å². The summed E-state index contributed by atoms with van der Waals surface area (Å²) in [6.45, 7) is 0. The third-order valence-electron chi connectivity index (χ3n) is 2.15. The van der Waals surface area contributed by atoms with Gasteiger partial charge in [0.1, 0.15) is 5.82 Å². The Hall–Kier alpha value is -1.96. The Balaban J connectivity index is 2.19. The van der Waals surface area contributed by atoms with Crippen molar-refractivity contribution < 1.29 is 9.02 Å². The van der Waals surface area contributed by atoms with Gasteiger partial charge in [-0.25, -0.2) is 9.02 Å². The molecule has 0 aliphatic heterocycles. The SMILES string of the molecule is CNc1nonc1C(=N)Nc1ccc(F)c(Br)c1. The largest absolute Gasteiger partial charge is 0.368 e. The first kappa shape index (κ1) is 12.5. The van der Waals surface area contributed by atoms with E-state index < -0.39 is 0 Å². The first-order valence-electron chi connectivity index (χ1n) is 4.93. The molecule has 94 valence electrons. The van der Waals surface area contributed by atoms with Crippen molar-refractivity contribution in [3.63, 3.8) is 0 Å². The van der Waals surface area contributed by atoms with Crippen molar-refractivity contribution in [1.82, 2.24) is 10.3 Å². The molecule has 2 rings (SSSR count). The summed E-state index contributed by atoms with van der Waals surface area (Å²) in [4.78, 5) is 0. The van der Waals surface area contributed by atoms with Gasteiger partial charge in [0.15, 0.2) is 11.5 Å². The average Bonchev–Trinajstić information content (AvgIpc) is 2.82. The van der Waals surface area contributed by atoms with Crippen LogP contribution in [0.5, 0.6) is 0 Å². The molecule has 0 bridgehead atoms. The Labute approximate surface area is 110 Å². The van der Waals surface area contributed by atoms with Gasteiger partial charge in [0.05, 0.1) is 4.47 Å². The van der Waals surface area contributed by atoms with E-state index in [1.54, 1.807) is 7.05 Å². The highest BCUT2D eigenvalue weighted by atomic mass is 79.9. The van der Waals surface area contributed by atoms with E-state index in [2.05, 4.69) is 41.5 Å². The molecule has 18 heavy (non-hydrogen) atoms. The second-order valence-electron chi connectivity index (χ2n) is 3.34. The maximum atomic E-state index is 13.1. The monoisotopic (exact) mass is 313 g/mol. The van der Waals surface area contributed by atoms with Crippen molar-refractivity contribution in [1.29, 1.82) is 5.41 Å². The van der Waals surface area contributed by atoms with E-state index in [9.17, 15) is 4.39 Å². The normalized spacial score (nSPS) is 10.2. The van der Waals surface area contributed by atoms with Gasteiger partial charge in [-0.15, -0.1) is 0 Å². The van der Waals surface area contributed by atoms with Crippen molar-refractivity contribution in [2.75, 3.05) is 17.7 Å². The number of nitrogens with one attached hydrogen (secondary N) is 3. The summed E-state index contributed by atoms with van der Waals surface area (Å²) in [5.74, 6) is -0.0149. The first-order chi connectivity index (χ1) is 8.61. The molecule has 1 heterocycles. The number of aromatic nitrogens is 2. The Morgan fingerprint density at radius 2 is 2.22 bits per heavy atom. The van der Waals surface area contributed by atoms with Gasteiger partial charge in [-0.05, 0) is 44.4 Å². The van der Waals surface area contributed by atoms with Crippen LogP contribution in [0, 0.1) is 11.2 Å². The van der Waals surface area contributed by atoms with Crippen molar-refractivity contribution in [3.05, 3.63) is 34.2 Å². The number of nitrogens with zero attached hydrogens (tertiary/aromatic N) is 2. The molecule has 1 aromatic heterocycles. The topological polar surface area (TPSA) is 86.8 Å². The van der Waals surface area contributed by atoms with E-state index in [1.807, 2.05) is 0 Å². The minimum Gasteiger partial charge on any atom is -0.368 e. The molecule has 0 fully saturated rings. The molecule has 0 spiro atoms. The lowest BCUT2D eigenvalue weighted by molar-refractivity contribution is 0.308. The molecule has 0 amide bonds. The van der Waals surface area contributed by atoms with E-state index in [1.165, 1.54) is 18.2 Å². The Morgan fingerprint density at radius 3 is 2.89 bits per heavy atom. The molecular formula is C10H9BrFN5O. The van der Waals surface area contributed by atoms with E-state index in [0.717, 1.165) is 0 Å². The van der Waals surface area contributed by atoms with Crippen LogP contribution in [0.3, 0.4) is 0 Å². The minimum atomic E-state index is -0.369. The van der Waals surface area contributed by atoms with E-state index in [0.29, 0.717) is 16.0 Å². The minimum absolute atomic E-state index is 0.000826. The Morgan fingerprint density at radius 1 is 1.44 bits per heavy atom. The molecule has 1 aromatic carbocycles. The van der Waals surface area contributed by atoms with E-state index in [-0.39, 0.29) is 17.3 Å². The van der Waals surface area contributed by atoms with Crippen molar-refractivity contribution in [3.8, 4) is 0 Å².